The maximum Gasteiger partial charge on any atom is 0.338 e. The summed E-state index contributed by atoms with van der Waals surface area (Å²) >= 11 is 0. The van der Waals surface area contributed by atoms with Crippen molar-refractivity contribution < 1.29 is 53.8 Å². The predicted octanol–water partition coefficient (Wildman–Crippen LogP) is 1.44. The molecule has 0 bridgehead atoms. The summed E-state index contributed by atoms with van der Waals surface area (Å²) in [6.45, 7) is 8.50. The number of esters is 3. The normalized spacial score (nSPS) is 41.0. The molecule has 1 heterocycles. The third-order valence-electron chi connectivity index (χ3n) is 10.3. The molecule has 0 aromatic heterocycles. The van der Waals surface area contributed by atoms with Crippen molar-refractivity contribution in [3.05, 3.63) is 47.0 Å². The summed E-state index contributed by atoms with van der Waals surface area (Å²) in [7, 11) is 0. The van der Waals surface area contributed by atoms with Gasteiger partial charge in [0.15, 0.2) is 5.60 Å². The molecule has 1 aliphatic heterocycles. The highest BCUT2D eigenvalue weighted by molar-refractivity contribution is 5.89. The average Bonchev–Trinajstić information content (AvgIpc) is 3.15. The van der Waals surface area contributed by atoms with E-state index < -0.39 is 82.5 Å². The summed E-state index contributed by atoms with van der Waals surface area (Å²) in [5.74, 6) is -3.24. The standard InChI is InChI=1S/C31H40O11/c1-15-19(34)13-30(28(4,5)38)22(15)23(35)25(36)29(6)20(40-16(2)32)12-21-31(14-39-21,42-17(3)33)24(29)26(30)41-27(37)18-10-8-7-9-11-18/h7-11,19-21,23-26,34-36,38H,12-14H2,1-6H3/t19-,20-,21+,23+,24?,25-,26-,29+,30-,31-/m0/s1. The van der Waals surface area contributed by atoms with Crippen LogP contribution in [0.15, 0.2) is 41.5 Å². The highest BCUT2D eigenvalue weighted by atomic mass is 16.6. The number of carbonyl (C=O) groups excluding carboxylic acids is 3. The van der Waals surface area contributed by atoms with Crippen molar-refractivity contribution in [2.75, 3.05) is 6.61 Å². The number of aliphatic hydroxyl groups excluding tert-OH is 3. The summed E-state index contributed by atoms with van der Waals surface area (Å²) in [6.07, 6.45) is -7.93. The van der Waals surface area contributed by atoms with Gasteiger partial charge in [0.05, 0.1) is 41.3 Å². The van der Waals surface area contributed by atoms with Crippen LogP contribution >= 0.6 is 0 Å². The maximum atomic E-state index is 13.8. The van der Waals surface area contributed by atoms with Crippen molar-refractivity contribution in [1.82, 2.24) is 0 Å². The number of hydrogen-bond donors (Lipinski definition) is 4. The summed E-state index contributed by atoms with van der Waals surface area (Å²) < 4.78 is 24.1. The van der Waals surface area contributed by atoms with Gasteiger partial charge in [-0.25, -0.2) is 4.79 Å². The Bertz CT molecular complexity index is 1300. The van der Waals surface area contributed by atoms with Crippen LogP contribution in [0.2, 0.25) is 0 Å². The molecule has 4 aliphatic rings. The number of carbonyl (C=O) groups is 3. The van der Waals surface area contributed by atoms with Crippen LogP contribution in [0.3, 0.4) is 0 Å². The molecule has 42 heavy (non-hydrogen) atoms. The molecule has 0 radical (unpaired) electrons. The van der Waals surface area contributed by atoms with Gasteiger partial charge in [0, 0.05) is 25.7 Å². The van der Waals surface area contributed by atoms with E-state index in [0.29, 0.717) is 5.57 Å². The van der Waals surface area contributed by atoms with Gasteiger partial charge in [-0.15, -0.1) is 0 Å². The number of rotatable bonds is 5. The van der Waals surface area contributed by atoms with Crippen LogP contribution in [0, 0.1) is 16.7 Å². The van der Waals surface area contributed by atoms with Crippen molar-refractivity contribution in [3.63, 3.8) is 0 Å². The second-order valence-electron chi connectivity index (χ2n) is 13.0. The van der Waals surface area contributed by atoms with Crippen LogP contribution in [0.5, 0.6) is 0 Å². The van der Waals surface area contributed by atoms with Crippen LogP contribution < -0.4 is 0 Å². The molecular weight excluding hydrogens is 548 g/mol. The zero-order valence-corrected chi connectivity index (χ0v) is 24.7. The Labute approximate surface area is 244 Å². The fourth-order valence-electron chi connectivity index (χ4n) is 8.36. The first-order valence-corrected chi connectivity index (χ1v) is 14.2. The first-order valence-electron chi connectivity index (χ1n) is 14.2. The Hall–Kier alpha value is -2.83. The molecule has 1 aromatic rings. The van der Waals surface area contributed by atoms with Crippen LogP contribution in [0.25, 0.3) is 0 Å². The van der Waals surface area contributed by atoms with Gasteiger partial charge in [-0.3, -0.25) is 9.59 Å². The lowest BCUT2D eigenvalue weighted by Gasteiger charge is -2.65. The van der Waals surface area contributed by atoms with Crippen LogP contribution in [0.1, 0.15) is 64.7 Å². The lowest BCUT2D eigenvalue weighted by molar-refractivity contribution is -0.351. The Kier molecular flexibility index (Phi) is 7.38. The lowest BCUT2D eigenvalue weighted by Crippen LogP contribution is -2.79. The fourth-order valence-corrected chi connectivity index (χ4v) is 8.36. The molecule has 4 N–H and O–H groups in total. The minimum absolute atomic E-state index is 0.0269. The Morgan fingerprint density at radius 2 is 1.67 bits per heavy atom. The second kappa shape index (κ2) is 10.1. The molecule has 1 unspecified atom stereocenters. The van der Waals surface area contributed by atoms with Crippen LogP contribution in [-0.4, -0.2) is 92.8 Å². The van der Waals surface area contributed by atoms with Gasteiger partial charge in [-0.2, -0.15) is 0 Å². The molecule has 3 fully saturated rings. The number of ether oxygens (including phenoxy) is 4. The largest absolute Gasteiger partial charge is 0.462 e. The molecule has 10 atom stereocenters. The van der Waals surface area contributed by atoms with Crippen molar-refractivity contribution in [2.45, 2.75) is 102 Å². The SMILES string of the molecule is CC(=O)O[C@H]1C[C@H]2OC[C@@]2(OC(C)=O)C2[C@H](OC(=O)c3ccccc3)[C@]3(C(C)(C)O)C[C@H](O)C(C)=C3[C@@H](O)[C@H](O)[C@@]21C. The fraction of sp³-hybridized carbons (Fsp3) is 0.645. The molecule has 2 saturated carbocycles. The highest BCUT2D eigenvalue weighted by Crippen LogP contribution is 2.68. The number of fused-ring (bicyclic) bond motifs is 4. The third kappa shape index (κ3) is 4.16. The van der Waals surface area contributed by atoms with E-state index in [2.05, 4.69) is 0 Å². The number of aliphatic hydroxyl groups is 4. The minimum Gasteiger partial charge on any atom is -0.462 e. The summed E-state index contributed by atoms with van der Waals surface area (Å²) in [4.78, 5) is 38.9. The highest BCUT2D eigenvalue weighted by Gasteiger charge is 2.79. The molecule has 11 heteroatoms. The summed E-state index contributed by atoms with van der Waals surface area (Å²) in [5.41, 5.74) is -5.87. The van der Waals surface area contributed by atoms with Crippen molar-refractivity contribution in [2.24, 2.45) is 16.7 Å². The van der Waals surface area contributed by atoms with Crippen molar-refractivity contribution in [3.8, 4) is 0 Å². The van der Waals surface area contributed by atoms with Gasteiger partial charge in [0.2, 0.25) is 0 Å². The van der Waals surface area contributed by atoms with E-state index in [1.807, 2.05) is 0 Å². The van der Waals surface area contributed by atoms with Crippen molar-refractivity contribution in [1.29, 1.82) is 0 Å². The quantitative estimate of drug-likeness (QED) is 0.223. The zero-order chi connectivity index (χ0) is 31.0. The van der Waals surface area contributed by atoms with E-state index in [0.717, 1.165) is 0 Å². The molecule has 0 spiro atoms. The van der Waals surface area contributed by atoms with Crippen LogP contribution in [0.4, 0.5) is 0 Å². The lowest BCUT2D eigenvalue weighted by atomic mass is 9.49. The van der Waals surface area contributed by atoms with E-state index in [1.165, 1.54) is 27.7 Å². The minimum atomic E-state index is -1.76. The molecule has 5 rings (SSSR count). The monoisotopic (exact) mass is 588 g/mol. The molecular formula is C31H40O11. The van der Waals surface area contributed by atoms with Crippen molar-refractivity contribution >= 4 is 17.9 Å². The van der Waals surface area contributed by atoms with Gasteiger partial charge >= 0.3 is 17.9 Å². The molecule has 0 amide bonds. The van der Waals surface area contributed by atoms with Gasteiger partial charge in [0.25, 0.3) is 0 Å². The van der Waals surface area contributed by atoms with E-state index >= 15 is 0 Å². The Balaban J connectivity index is 1.85. The third-order valence-corrected chi connectivity index (χ3v) is 10.3. The molecule has 1 aromatic carbocycles. The van der Waals surface area contributed by atoms with E-state index in [4.69, 9.17) is 18.9 Å². The predicted molar refractivity (Wildman–Crippen MR) is 146 cm³/mol. The zero-order valence-electron chi connectivity index (χ0n) is 24.7. The van der Waals surface area contributed by atoms with E-state index in [-0.39, 0.29) is 30.6 Å². The molecule has 1 saturated heterocycles. The van der Waals surface area contributed by atoms with Gasteiger partial charge in [-0.1, -0.05) is 25.1 Å². The maximum absolute atomic E-state index is 13.8. The first kappa shape index (κ1) is 30.6. The Morgan fingerprint density at radius 1 is 1.02 bits per heavy atom. The molecule has 11 nitrogen and oxygen atoms in total. The van der Waals surface area contributed by atoms with E-state index in [1.54, 1.807) is 44.2 Å². The van der Waals surface area contributed by atoms with E-state index in [9.17, 15) is 34.8 Å². The molecule has 3 aliphatic carbocycles. The topological polar surface area (TPSA) is 169 Å². The Morgan fingerprint density at radius 3 is 2.19 bits per heavy atom. The van der Waals surface area contributed by atoms with Gasteiger partial charge < -0.3 is 39.4 Å². The van der Waals surface area contributed by atoms with Gasteiger partial charge in [-0.05, 0) is 50.5 Å². The number of benzene rings is 1. The summed E-state index contributed by atoms with van der Waals surface area (Å²) in [6, 6.07) is 8.18. The van der Waals surface area contributed by atoms with Gasteiger partial charge in [0.1, 0.15) is 24.4 Å². The average molecular weight is 589 g/mol. The first-order chi connectivity index (χ1) is 19.5. The summed E-state index contributed by atoms with van der Waals surface area (Å²) in [5, 5.41) is 47.3. The second-order valence-corrected chi connectivity index (χ2v) is 13.0. The van der Waals surface area contributed by atoms with Crippen LogP contribution in [-0.2, 0) is 28.5 Å². The smallest absolute Gasteiger partial charge is 0.338 e. The number of hydrogen-bond acceptors (Lipinski definition) is 11. The molecule has 230 valence electrons.